The van der Waals surface area contributed by atoms with Crippen molar-refractivity contribution in [2.75, 3.05) is 20.1 Å². The quantitative estimate of drug-likeness (QED) is 0.718. The van der Waals surface area contributed by atoms with Gasteiger partial charge in [0.2, 0.25) is 0 Å². The van der Waals surface area contributed by atoms with Gasteiger partial charge in [0.25, 0.3) is 0 Å². The van der Waals surface area contributed by atoms with Gasteiger partial charge in [0.05, 0.1) is 0 Å². The zero-order chi connectivity index (χ0) is 11.7. The van der Waals surface area contributed by atoms with E-state index in [9.17, 15) is 0 Å². The zero-order valence-corrected chi connectivity index (χ0v) is 10.6. The molecule has 0 aliphatic carbocycles. The lowest BCUT2D eigenvalue weighted by Crippen LogP contribution is -2.43. The Hall–Kier alpha value is -1.02. The number of likely N-dealkylation sites (tertiary alicyclic amines) is 1. The minimum Gasteiger partial charge on any atom is -0.346 e. The summed E-state index contributed by atoms with van der Waals surface area (Å²) in [4.78, 5) is 4.63. The van der Waals surface area contributed by atoms with Crippen molar-refractivity contribution in [3.63, 3.8) is 0 Å². The minimum absolute atomic E-state index is 0.497. The van der Waals surface area contributed by atoms with Gasteiger partial charge in [-0.05, 0) is 44.9 Å². The van der Waals surface area contributed by atoms with Crippen molar-refractivity contribution >= 4 is 0 Å². The lowest BCUT2D eigenvalue weighted by Gasteiger charge is -2.37. The first kappa shape index (κ1) is 11.5. The topological polar surface area (TPSA) is 6.48 Å². The van der Waals surface area contributed by atoms with Crippen molar-refractivity contribution in [1.82, 2.24) is 9.80 Å². The van der Waals surface area contributed by atoms with Crippen molar-refractivity contribution in [3.05, 3.63) is 36.2 Å². The molecule has 0 unspecified atom stereocenters. The Balaban J connectivity index is 1.97. The van der Waals surface area contributed by atoms with Gasteiger partial charge in [-0.1, -0.05) is 12.7 Å². The summed E-state index contributed by atoms with van der Waals surface area (Å²) in [5.74, 6) is 0.848. The van der Waals surface area contributed by atoms with E-state index in [1.54, 1.807) is 0 Å². The summed E-state index contributed by atoms with van der Waals surface area (Å²) in [6, 6.07) is 0.497. The highest BCUT2D eigenvalue weighted by Crippen LogP contribution is 2.26. The largest absolute Gasteiger partial charge is 0.346 e. The molecule has 0 radical (unpaired) electrons. The Morgan fingerprint density at radius 3 is 2.62 bits per heavy atom. The molecule has 2 aliphatic heterocycles. The maximum atomic E-state index is 4.06. The van der Waals surface area contributed by atoms with Gasteiger partial charge in [-0.3, -0.25) is 0 Å². The number of rotatable bonds is 3. The number of allylic oxidation sites excluding steroid dienone is 3. The van der Waals surface area contributed by atoms with Crippen LogP contribution < -0.4 is 0 Å². The lowest BCUT2D eigenvalue weighted by atomic mass is 9.92. The second kappa shape index (κ2) is 4.46. The van der Waals surface area contributed by atoms with Crippen LogP contribution in [0, 0.1) is 5.92 Å². The van der Waals surface area contributed by atoms with Crippen LogP contribution in [-0.4, -0.2) is 36.0 Å². The van der Waals surface area contributed by atoms with Crippen LogP contribution in [0.15, 0.2) is 36.2 Å². The van der Waals surface area contributed by atoms with Gasteiger partial charge >= 0.3 is 0 Å². The summed E-state index contributed by atoms with van der Waals surface area (Å²) in [7, 11) is 2.18. The fourth-order valence-electron chi connectivity index (χ4n) is 2.49. The molecular weight excluding hydrogens is 196 g/mol. The maximum Gasteiger partial charge on any atom is 0.0335 e. The van der Waals surface area contributed by atoms with E-state index < -0.39 is 0 Å². The summed E-state index contributed by atoms with van der Waals surface area (Å²) in [5, 5.41) is 0. The van der Waals surface area contributed by atoms with Gasteiger partial charge in [-0.15, -0.1) is 0 Å². The Bertz CT molecular complexity index is 333. The van der Waals surface area contributed by atoms with Crippen LogP contribution in [0.1, 0.15) is 20.3 Å². The van der Waals surface area contributed by atoms with Crippen LogP contribution in [0.5, 0.6) is 0 Å². The van der Waals surface area contributed by atoms with Gasteiger partial charge in [0, 0.05) is 31.0 Å². The van der Waals surface area contributed by atoms with E-state index in [1.165, 1.54) is 25.1 Å². The monoisotopic (exact) mass is 218 g/mol. The van der Waals surface area contributed by atoms with Gasteiger partial charge in [0.1, 0.15) is 0 Å². The van der Waals surface area contributed by atoms with Gasteiger partial charge in [0.15, 0.2) is 0 Å². The van der Waals surface area contributed by atoms with Crippen molar-refractivity contribution in [3.8, 4) is 0 Å². The molecule has 0 spiro atoms. The Labute approximate surface area is 98.9 Å². The summed E-state index contributed by atoms with van der Waals surface area (Å²) < 4.78 is 0. The third-order valence-electron chi connectivity index (χ3n) is 3.35. The van der Waals surface area contributed by atoms with E-state index in [1.807, 2.05) is 0 Å². The molecule has 0 bridgehead atoms. The highest BCUT2D eigenvalue weighted by atomic mass is 15.2. The molecular formula is C14H22N2. The molecule has 0 saturated carbocycles. The maximum absolute atomic E-state index is 4.06. The normalized spacial score (nSPS) is 22.6. The predicted octanol–water partition coefficient (Wildman–Crippen LogP) is 2.62. The van der Waals surface area contributed by atoms with E-state index in [4.69, 9.17) is 0 Å². The summed E-state index contributed by atoms with van der Waals surface area (Å²) >= 11 is 0. The van der Waals surface area contributed by atoms with Gasteiger partial charge in [-0.25, -0.2) is 0 Å². The smallest absolute Gasteiger partial charge is 0.0335 e. The average Bonchev–Trinajstić information content (AvgIpc) is 2.18. The first-order valence-corrected chi connectivity index (χ1v) is 6.11. The summed E-state index contributed by atoms with van der Waals surface area (Å²) in [6.07, 6.45) is 7.83. The highest BCUT2D eigenvalue weighted by molar-refractivity contribution is 5.33. The SMILES string of the molecule is C=C1C=CC(CC2CN(C)C2)=CN1C(C)C. The molecule has 2 rings (SSSR count). The van der Waals surface area contributed by atoms with E-state index in [0.717, 1.165) is 11.6 Å². The van der Waals surface area contributed by atoms with E-state index in [0.29, 0.717) is 6.04 Å². The summed E-state index contributed by atoms with van der Waals surface area (Å²) in [6.45, 7) is 11.0. The number of nitrogens with zero attached hydrogens (tertiary/aromatic N) is 2. The second-order valence-corrected chi connectivity index (χ2v) is 5.32. The van der Waals surface area contributed by atoms with Crippen LogP contribution >= 0.6 is 0 Å². The van der Waals surface area contributed by atoms with E-state index in [2.05, 4.69) is 55.6 Å². The molecule has 1 fully saturated rings. The van der Waals surface area contributed by atoms with Crippen molar-refractivity contribution in [1.29, 1.82) is 0 Å². The highest BCUT2D eigenvalue weighted by Gasteiger charge is 2.24. The first-order valence-electron chi connectivity index (χ1n) is 6.11. The third kappa shape index (κ3) is 2.38. The molecule has 16 heavy (non-hydrogen) atoms. The van der Waals surface area contributed by atoms with Crippen LogP contribution in [0.2, 0.25) is 0 Å². The molecule has 2 heterocycles. The molecule has 0 atom stereocenters. The minimum atomic E-state index is 0.497. The molecule has 2 aliphatic rings. The molecule has 0 aromatic carbocycles. The Morgan fingerprint density at radius 1 is 1.38 bits per heavy atom. The Kier molecular flexibility index (Phi) is 3.20. The molecule has 0 aromatic heterocycles. The van der Waals surface area contributed by atoms with Crippen molar-refractivity contribution in [2.45, 2.75) is 26.3 Å². The van der Waals surface area contributed by atoms with Gasteiger partial charge in [-0.2, -0.15) is 0 Å². The standard InChI is InChI=1S/C14H22N2/c1-11(2)16-10-13(6-5-12(16)3)7-14-8-15(4)9-14/h5-6,10-11,14H,3,7-9H2,1-2,4H3. The Morgan fingerprint density at radius 2 is 2.06 bits per heavy atom. The number of hydrogen-bond donors (Lipinski definition) is 0. The fraction of sp³-hybridized carbons (Fsp3) is 0.571. The molecule has 0 amide bonds. The van der Waals surface area contributed by atoms with Crippen molar-refractivity contribution in [2.24, 2.45) is 5.92 Å². The zero-order valence-electron chi connectivity index (χ0n) is 10.6. The number of hydrogen-bond acceptors (Lipinski definition) is 2. The lowest BCUT2D eigenvalue weighted by molar-refractivity contribution is 0.135. The van der Waals surface area contributed by atoms with Crippen molar-refractivity contribution < 1.29 is 0 Å². The molecule has 2 nitrogen and oxygen atoms in total. The van der Waals surface area contributed by atoms with E-state index >= 15 is 0 Å². The van der Waals surface area contributed by atoms with Crippen LogP contribution in [0.4, 0.5) is 0 Å². The first-order chi connectivity index (χ1) is 7.56. The predicted molar refractivity (Wildman–Crippen MR) is 68.9 cm³/mol. The van der Waals surface area contributed by atoms with Gasteiger partial charge < -0.3 is 9.80 Å². The summed E-state index contributed by atoms with van der Waals surface area (Å²) in [5.41, 5.74) is 2.55. The second-order valence-electron chi connectivity index (χ2n) is 5.32. The third-order valence-corrected chi connectivity index (χ3v) is 3.35. The van der Waals surface area contributed by atoms with Crippen LogP contribution in [-0.2, 0) is 0 Å². The fourth-order valence-corrected chi connectivity index (χ4v) is 2.49. The molecule has 0 N–H and O–H groups in total. The molecule has 88 valence electrons. The average molecular weight is 218 g/mol. The van der Waals surface area contributed by atoms with Crippen LogP contribution in [0.3, 0.4) is 0 Å². The van der Waals surface area contributed by atoms with Crippen LogP contribution in [0.25, 0.3) is 0 Å². The molecule has 2 heteroatoms. The molecule has 1 saturated heterocycles. The molecule has 0 aromatic rings. The van der Waals surface area contributed by atoms with E-state index in [-0.39, 0.29) is 0 Å².